The van der Waals surface area contributed by atoms with E-state index in [1.54, 1.807) is 42.5 Å². The summed E-state index contributed by atoms with van der Waals surface area (Å²) in [6.07, 6.45) is 13.7. The maximum Gasteiger partial charge on any atom is 0.331 e. The Kier molecular flexibility index (Phi) is 10.9. The van der Waals surface area contributed by atoms with Crippen LogP contribution in [0.5, 0.6) is 0 Å². The van der Waals surface area contributed by atoms with E-state index in [2.05, 4.69) is 0 Å². The Morgan fingerprint density at radius 3 is 2.79 bits per heavy atom. The lowest BCUT2D eigenvalue weighted by atomic mass is 9.92. The van der Waals surface area contributed by atoms with Crippen molar-refractivity contribution in [2.75, 3.05) is 13.2 Å². The third-order valence-corrected chi connectivity index (χ3v) is 3.98. The van der Waals surface area contributed by atoms with Crippen LogP contribution in [0, 0.1) is 0 Å². The first-order valence-electron chi connectivity index (χ1n) is 9.22. The molecule has 0 spiro atoms. The number of allylic oxidation sites excluding steroid dienone is 4. The van der Waals surface area contributed by atoms with Gasteiger partial charge in [-0.15, -0.1) is 0 Å². The summed E-state index contributed by atoms with van der Waals surface area (Å²) in [6.45, 7) is 0.984. The summed E-state index contributed by atoms with van der Waals surface area (Å²) in [7, 11) is 0. The molecule has 8 nitrogen and oxygen atoms in total. The number of carbonyl (C=O) groups is 2. The summed E-state index contributed by atoms with van der Waals surface area (Å²) < 4.78 is 10.5. The molecule has 1 aliphatic rings. The van der Waals surface area contributed by atoms with Crippen LogP contribution >= 0.6 is 0 Å². The Morgan fingerprint density at radius 1 is 1.41 bits per heavy atom. The van der Waals surface area contributed by atoms with Gasteiger partial charge in [-0.05, 0) is 13.0 Å². The monoisotopic (exact) mass is 407 g/mol. The molecule has 0 aromatic heterocycles. The maximum absolute atomic E-state index is 11.3. The van der Waals surface area contributed by atoms with Gasteiger partial charge in [0.15, 0.2) is 0 Å². The molecule has 0 saturated heterocycles. The number of aliphatic hydroxyl groups is 3. The quantitative estimate of drug-likeness (QED) is 0.209. The third-order valence-electron chi connectivity index (χ3n) is 3.98. The van der Waals surface area contributed by atoms with Crippen molar-refractivity contribution in [1.29, 1.82) is 0 Å². The van der Waals surface area contributed by atoms with Crippen molar-refractivity contribution in [2.24, 2.45) is 5.73 Å². The van der Waals surface area contributed by atoms with Crippen molar-refractivity contribution < 1.29 is 34.4 Å². The lowest BCUT2D eigenvalue weighted by Crippen LogP contribution is -2.43. The lowest BCUT2D eigenvalue weighted by Gasteiger charge is -2.31. The van der Waals surface area contributed by atoms with Gasteiger partial charge in [-0.2, -0.15) is 0 Å². The minimum atomic E-state index is -1.56. The lowest BCUT2D eigenvalue weighted by molar-refractivity contribution is -0.142. The fourth-order valence-electron chi connectivity index (χ4n) is 2.48. The van der Waals surface area contributed by atoms with Crippen LogP contribution in [0.2, 0.25) is 0 Å². The second-order valence-corrected chi connectivity index (χ2v) is 6.65. The molecule has 29 heavy (non-hydrogen) atoms. The molecule has 0 aromatic rings. The van der Waals surface area contributed by atoms with E-state index < -0.39 is 42.4 Å². The van der Waals surface area contributed by atoms with Gasteiger partial charge in [0.25, 0.3) is 0 Å². The zero-order valence-corrected chi connectivity index (χ0v) is 16.4. The van der Waals surface area contributed by atoms with Crippen molar-refractivity contribution >= 4 is 11.9 Å². The van der Waals surface area contributed by atoms with E-state index in [1.807, 2.05) is 0 Å². The van der Waals surface area contributed by atoms with Crippen LogP contribution in [0.3, 0.4) is 0 Å². The molecule has 1 aliphatic heterocycles. The van der Waals surface area contributed by atoms with Crippen LogP contribution in [0.1, 0.15) is 19.8 Å². The number of amides is 1. The molecule has 1 heterocycles. The molecule has 160 valence electrons. The molecule has 0 fully saturated rings. The summed E-state index contributed by atoms with van der Waals surface area (Å²) in [5.41, 5.74) is 3.56. The third kappa shape index (κ3) is 10.6. The van der Waals surface area contributed by atoms with Crippen LogP contribution in [0.15, 0.2) is 60.8 Å². The average Bonchev–Trinajstić information content (AvgIpc) is 2.66. The number of hydrogen-bond acceptors (Lipinski definition) is 7. The minimum Gasteiger partial charge on any atom is -0.455 e. The van der Waals surface area contributed by atoms with Crippen molar-refractivity contribution in [3.8, 4) is 0 Å². The van der Waals surface area contributed by atoms with E-state index in [1.165, 1.54) is 25.2 Å². The second kappa shape index (κ2) is 12.8. The van der Waals surface area contributed by atoms with Gasteiger partial charge in [-0.3, -0.25) is 4.79 Å². The molecule has 5 N–H and O–H groups in total. The molecule has 1 rings (SSSR count). The summed E-state index contributed by atoms with van der Waals surface area (Å²) in [6, 6.07) is 0. The molecular formula is C21H29NO7. The highest BCUT2D eigenvalue weighted by Gasteiger charge is 2.32. The average molecular weight is 407 g/mol. The minimum absolute atomic E-state index is 0.00814. The van der Waals surface area contributed by atoms with E-state index in [0.717, 1.165) is 0 Å². The number of hydrogen-bond donors (Lipinski definition) is 4. The number of rotatable bonds is 12. The predicted molar refractivity (Wildman–Crippen MR) is 107 cm³/mol. The Labute approximate surface area is 170 Å². The van der Waals surface area contributed by atoms with Gasteiger partial charge in [0, 0.05) is 18.9 Å². The first-order chi connectivity index (χ1) is 13.7. The van der Waals surface area contributed by atoms with Crippen LogP contribution in [-0.4, -0.2) is 64.3 Å². The zero-order chi connectivity index (χ0) is 21.7. The van der Waals surface area contributed by atoms with Crippen molar-refractivity contribution in [2.45, 2.75) is 43.7 Å². The van der Waals surface area contributed by atoms with E-state index in [-0.39, 0.29) is 13.0 Å². The molecule has 0 aliphatic carbocycles. The van der Waals surface area contributed by atoms with E-state index in [4.69, 9.17) is 20.3 Å². The highest BCUT2D eigenvalue weighted by molar-refractivity contribution is 5.82. The topological polar surface area (TPSA) is 139 Å². The van der Waals surface area contributed by atoms with Crippen LogP contribution < -0.4 is 5.73 Å². The molecule has 8 heteroatoms. The van der Waals surface area contributed by atoms with Gasteiger partial charge < -0.3 is 30.5 Å². The Hall–Kier alpha value is -2.52. The first kappa shape index (κ1) is 24.5. The number of carbonyl (C=O) groups excluding carboxylic acids is 2. The highest BCUT2D eigenvalue weighted by Crippen LogP contribution is 2.22. The zero-order valence-electron chi connectivity index (χ0n) is 16.4. The van der Waals surface area contributed by atoms with Gasteiger partial charge in [-0.25, -0.2) is 4.79 Å². The molecular weight excluding hydrogens is 378 g/mol. The Morgan fingerprint density at radius 2 is 2.14 bits per heavy atom. The predicted octanol–water partition coefficient (Wildman–Crippen LogP) is 0.448. The van der Waals surface area contributed by atoms with Gasteiger partial charge in [0.1, 0.15) is 18.3 Å². The molecule has 0 saturated carbocycles. The first-order valence-corrected chi connectivity index (χ1v) is 9.22. The van der Waals surface area contributed by atoms with Crippen LogP contribution in [0.25, 0.3) is 0 Å². The number of nitrogens with two attached hydrogens (primary N) is 1. The Balaban J connectivity index is 2.78. The van der Waals surface area contributed by atoms with E-state index >= 15 is 0 Å². The number of primary amides is 1. The smallest absolute Gasteiger partial charge is 0.331 e. The van der Waals surface area contributed by atoms with Crippen LogP contribution in [0.4, 0.5) is 0 Å². The number of aliphatic hydroxyl groups excluding tert-OH is 2. The van der Waals surface area contributed by atoms with Gasteiger partial charge >= 0.3 is 5.97 Å². The Bertz CT molecular complexity index is 677. The van der Waals surface area contributed by atoms with Gasteiger partial charge in [-0.1, -0.05) is 48.6 Å². The molecule has 0 radical (unpaired) electrons. The standard InChI is InChI=1S/C21H29NO7/c1-21(27,12-11-17-9-7-10-20(26)29-17)18(28-15-19(22)25)14-16(24)8-5-3-2-4-6-13-23/h2-8,10-12,16-18,23-24,27H,9,13-15H2,1H3,(H2,22,25)/b3-2-,6-4+,8-5-,12-11+/t16-,17?,18?,21+/m0/s1. The van der Waals surface area contributed by atoms with Crippen molar-refractivity contribution in [3.05, 3.63) is 60.8 Å². The molecule has 0 bridgehead atoms. The fraction of sp³-hybridized carbons (Fsp3) is 0.429. The summed E-state index contributed by atoms with van der Waals surface area (Å²) in [5.74, 6) is -1.17. The van der Waals surface area contributed by atoms with E-state index in [9.17, 15) is 19.8 Å². The molecule has 0 aromatic carbocycles. The van der Waals surface area contributed by atoms with Crippen molar-refractivity contribution in [3.63, 3.8) is 0 Å². The van der Waals surface area contributed by atoms with Gasteiger partial charge in [0.2, 0.25) is 5.91 Å². The summed E-state index contributed by atoms with van der Waals surface area (Å²) in [4.78, 5) is 22.4. The molecule has 4 atom stereocenters. The largest absolute Gasteiger partial charge is 0.455 e. The fourth-order valence-corrected chi connectivity index (χ4v) is 2.48. The summed E-state index contributed by atoms with van der Waals surface area (Å²) >= 11 is 0. The van der Waals surface area contributed by atoms with E-state index in [0.29, 0.717) is 6.42 Å². The van der Waals surface area contributed by atoms with Crippen LogP contribution in [-0.2, 0) is 19.1 Å². The number of ether oxygens (including phenoxy) is 2. The van der Waals surface area contributed by atoms with Crippen molar-refractivity contribution in [1.82, 2.24) is 0 Å². The normalized spacial score (nSPS) is 21.8. The number of esters is 1. The number of cyclic esters (lactones) is 1. The summed E-state index contributed by atoms with van der Waals surface area (Å²) in [5, 5.41) is 29.6. The highest BCUT2D eigenvalue weighted by atomic mass is 16.5. The molecule has 1 amide bonds. The van der Waals surface area contributed by atoms with Gasteiger partial charge in [0.05, 0.1) is 18.8 Å². The SMILES string of the molecule is C[C@@](O)(/C=C/C1CC=CC(=O)O1)C(C[C@@H](O)\C=C/C=C\C=C\CO)OCC(N)=O. The maximum atomic E-state index is 11.3. The second-order valence-electron chi connectivity index (χ2n) is 6.65. The molecule has 2 unspecified atom stereocenters.